The van der Waals surface area contributed by atoms with Gasteiger partial charge < -0.3 is 71.5 Å². The summed E-state index contributed by atoms with van der Waals surface area (Å²) in [6, 6.07) is 49.3. The van der Waals surface area contributed by atoms with Crippen molar-refractivity contribution in [1.29, 1.82) is 5.53 Å². The predicted molar refractivity (Wildman–Crippen MR) is 595 cm³/mol. The summed E-state index contributed by atoms with van der Waals surface area (Å²) >= 11 is 10.1. The first-order valence-corrected chi connectivity index (χ1v) is 54.5. The van der Waals surface area contributed by atoms with Gasteiger partial charge in [0.15, 0.2) is 0 Å². The Morgan fingerprint density at radius 1 is 0.380 bits per heavy atom. The number of carbonyl (C=O) groups is 9. The summed E-state index contributed by atoms with van der Waals surface area (Å²) in [5, 5.41) is 1.11. The summed E-state index contributed by atoms with van der Waals surface area (Å²) in [5.74, 6) is -1.29. The van der Waals surface area contributed by atoms with E-state index < -0.39 is 90.9 Å². The number of nitrogens with one attached hydrogen (secondary N) is 1. The second-order valence-corrected chi connectivity index (χ2v) is 53.5. The van der Waals surface area contributed by atoms with E-state index in [0.29, 0.717) is 57.7 Å². The molecule has 3 unspecified atom stereocenters. The maximum atomic E-state index is 13.8. The van der Waals surface area contributed by atoms with E-state index in [9.17, 15) is 43.2 Å². The van der Waals surface area contributed by atoms with Gasteiger partial charge >= 0.3 is 67.0 Å². The number of nitrogens with zero attached hydrogens (tertiary/aromatic N) is 6. The average molecular weight is 2260 g/mol. The van der Waals surface area contributed by atoms with Crippen molar-refractivity contribution in [3.63, 3.8) is 0 Å². The van der Waals surface area contributed by atoms with E-state index >= 15 is 0 Å². The van der Waals surface area contributed by atoms with Gasteiger partial charge in [-0.05, 0) is 401 Å². The number of amides is 4. The number of carbonyl (C=O) groups excluding carboxylic acids is 9. The highest BCUT2D eigenvalue weighted by Gasteiger charge is 2.76. The SMILES string of the molecule is C=C1CCN(C(=O)OC(C)(C)C)CC1.CC(C)(C)OC(=O)C(=[N+]=N)c1ccc(Br)cc1.CC(C)(C)OC(=O)Cc1ccc(Br)cc1.CC(C)(C)OC(=O)N1CCC2(CC1)CC2(C(=O)OC(C)(C)C)c1ccc(-c2ccc3cccnc3c2)cc1.CC(C)(C)OC(=O)N1CCC2(CC1)CC2(C(=O)OC(C)(C)C)c1ccc(B2OC(C)(C)C(C)(C)O2)cc1.CC(C)(C)OC(=O)N1CCC2(CC1)CC2(C(=O)OC(C)(C)C)c1ccc(Br)cc1. The van der Waals surface area contributed by atoms with Crippen LogP contribution in [-0.2, 0) is 98.6 Å². The monoisotopic (exact) mass is 2260 g/mol. The molecule has 3 aliphatic carbocycles. The first-order valence-electron chi connectivity index (χ1n) is 52.2. The summed E-state index contributed by atoms with van der Waals surface area (Å²) in [7, 11) is -0.457. The fraction of sp³-hybridized carbons (Fsp3) is 0.571. The quantitative estimate of drug-likeness (QED) is 0.0226. The van der Waals surface area contributed by atoms with Gasteiger partial charge in [0.25, 0.3) is 0 Å². The summed E-state index contributed by atoms with van der Waals surface area (Å²) in [6.45, 7) is 67.6. The lowest BCUT2D eigenvalue weighted by Crippen LogP contribution is -2.45. The molecule has 0 bridgehead atoms. The lowest BCUT2D eigenvalue weighted by molar-refractivity contribution is -0.161. The largest absolute Gasteiger partial charge is 0.494 e. The molecule has 6 heterocycles. The summed E-state index contributed by atoms with van der Waals surface area (Å²) in [6.07, 6.45) is 9.55. The average Bonchev–Trinajstić information content (AvgIpc) is 1.51. The number of hydrogen-bond donors (Lipinski definition) is 1. The first kappa shape index (κ1) is 122. The van der Waals surface area contributed by atoms with Crippen molar-refractivity contribution in [2.75, 3.05) is 52.4 Å². The third-order valence-corrected chi connectivity index (χ3v) is 29.3. The Morgan fingerprint density at radius 3 is 1.01 bits per heavy atom. The molecule has 8 aliphatic rings. The lowest BCUT2D eigenvalue weighted by Gasteiger charge is -2.36. The van der Waals surface area contributed by atoms with Crippen LogP contribution >= 0.6 is 47.8 Å². The van der Waals surface area contributed by atoms with E-state index in [4.69, 9.17) is 57.5 Å². The maximum absolute atomic E-state index is 13.8. The number of piperidine rings is 4. The van der Waals surface area contributed by atoms with Crippen molar-refractivity contribution in [2.45, 2.75) is 370 Å². The second kappa shape index (κ2) is 46.5. The number of rotatable bonds is 12. The number of pyridine rings is 1. The normalized spacial score (nSPS) is 20.3. The van der Waals surface area contributed by atoms with Gasteiger partial charge in [0.2, 0.25) is 0 Å². The van der Waals surface area contributed by atoms with E-state index in [2.05, 4.69) is 113 Å². The van der Waals surface area contributed by atoms with Crippen molar-refractivity contribution in [2.24, 2.45) is 16.2 Å². The van der Waals surface area contributed by atoms with Crippen molar-refractivity contribution < 1.29 is 99.9 Å². The molecule has 4 amide bonds. The zero-order valence-electron chi connectivity index (χ0n) is 94.4. The van der Waals surface area contributed by atoms with E-state index in [1.807, 2.05) is 273 Å². The number of fused-ring (bicyclic) bond motifs is 1. The highest BCUT2D eigenvalue weighted by atomic mass is 79.9. The number of esters is 5. The summed E-state index contributed by atoms with van der Waals surface area (Å²) in [4.78, 5) is 128. The van der Waals surface area contributed by atoms with Crippen LogP contribution in [0.3, 0.4) is 0 Å². The van der Waals surface area contributed by atoms with Crippen LogP contribution in [-0.4, -0.2) is 210 Å². The van der Waals surface area contributed by atoms with E-state index in [0.717, 1.165) is 140 Å². The molecule has 3 saturated carbocycles. The molecule has 816 valence electrons. The van der Waals surface area contributed by atoms with Gasteiger partial charge in [-0.2, -0.15) is 0 Å². The summed E-state index contributed by atoms with van der Waals surface area (Å²) in [5.41, 5.74) is 8.59. The molecule has 6 aromatic carbocycles. The fourth-order valence-electron chi connectivity index (χ4n) is 19.5. The van der Waals surface area contributed by atoms with Gasteiger partial charge in [0.1, 0.15) is 50.4 Å². The van der Waals surface area contributed by atoms with Gasteiger partial charge in [-0.25, -0.2) is 24.0 Å². The molecule has 5 saturated heterocycles. The van der Waals surface area contributed by atoms with Crippen LogP contribution < -0.4 is 5.46 Å². The number of halogens is 3. The third-order valence-electron chi connectivity index (χ3n) is 27.7. The molecule has 31 heteroatoms. The molecule has 15 rings (SSSR count). The molecule has 1 aromatic heterocycles. The van der Waals surface area contributed by atoms with Crippen LogP contribution in [0, 0.1) is 21.8 Å². The zero-order chi connectivity index (χ0) is 112. The number of aromatic nitrogens is 1. The van der Waals surface area contributed by atoms with Crippen molar-refractivity contribution in [3.8, 4) is 11.1 Å². The zero-order valence-corrected chi connectivity index (χ0v) is 99.2. The van der Waals surface area contributed by atoms with Crippen LogP contribution in [0.15, 0.2) is 183 Å². The third kappa shape index (κ3) is 32.2. The number of hydrogen-bond acceptors (Lipinski definition) is 22. The molecular formula is C119H162BBr3N7O20+. The van der Waals surface area contributed by atoms with Gasteiger partial charge in [-0.1, -0.05) is 151 Å². The van der Waals surface area contributed by atoms with Crippen molar-refractivity contribution in [1.82, 2.24) is 24.6 Å². The smallest absolute Gasteiger partial charge is 0.460 e. The molecular weight excluding hydrogens is 2100 g/mol. The Hall–Kier alpha value is -10.3. The van der Waals surface area contributed by atoms with Crippen molar-refractivity contribution in [3.05, 3.63) is 211 Å². The minimum atomic E-state index is -0.727. The van der Waals surface area contributed by atoms with Crippen LogP contribution in [0.2, 0.25) is 0 Å². The molecule has 5 aliphatic heterocycles. The molecule has 27 nitrogen and oxygen atoms in total. The molecule has 150 heavy (non-hydrogen) atoms. The maximum Gasteiger partial charge on any atom is 0.494 e. The Kier molecular flexibility index (Phi) is 37.7. The van der Waals surface area contributed by atoms with Crippen LogP contribution in [0.5, 0.6) is 0 Å². The van der Waals surface area contributed by atoms with Crippen molar-refractivity contribution >= 4 is 131 Å². The lowest BCUT2D eigenvalue weighted by atomic mass is 9.76. The van der Waals surface area contributed by atoms with E-state index in [1.54, 1.807) is 70.8 Å². The van der Waals surface area contributed by atoms with Gasteiger partial charge in [0, 0.05) is 77.4 Å². The molecule has 7 aromatic rings. The summed E-state index contributed by atoms with van der Waals surface area (Å²) < 4.78 is 65.5. The Labute approximate surface area is 915 Å². The number of benzene rings is 6. The van der Waals surface area contributed by atoms with Crippen LogP contribution in [0.25, 0.3) is 22.0 Å². The number of likely N-dealkylation sites (tertiary alicyclic amines) is 4. The fourth-order valence-corrected chi connectivity index (χ4v) is 20.3. The molecule has 8 fully saturated rings. The molecule has 3 spiro atoms. The minimum absolute atomic E-state index is 0.00688. The van der Waals surface area contributed by atoms with Gasteiger partial charge in [0.05, 0.1) is 55.3 Å². The van der Waals surface area contributed by atoms with Gasteiger partial charge in [-0.15, -0.1) is 0 Å². The second-order valence-electron chi connectivity index (χ2n) is 50.8. The first-order chi connectivity index (χ1) is 69.0. The van der Waals surface area contributed by atoms with E-state index in [-0.39, 0.29) is 70.2 Å². The highest BCUT2D eigenvalue weighted by Crippen LogP contribution is 2.73. The van der Waals surface area contributed by atoms with Gasteiger partial charge in [-0.3, -0.25) is 24.2 Å². The van der Waals surface area contributed by atoms with E-state index in [1.165, 1.54) is 5.57 Å². The van der Waals surface area contributed by atoms with Crippen LogP contribution in [0.1, 0.15) is 313 Å². The molecule has 1 N–H and O–H groups in total. The topological polar surface area (TPSA) is 319 Å². The standard InChI is InChI=1S/C32H38N2O4.C29H44BNO6.C23H32BrNO4.C12H14BrN2O2.C12H15BrO2.C11H19NO2/c1-29(2,3)37-27(35)32(21-31(32)15-18-34(19-16-31)28(36)38-30(4,5)6)25-13-11-22(12-14-25)24-10-9-23-8-7-17-33-26(23)20-24;1-24(2,3)34-22(32)29(19-28(29)15-17-31(18-16-28)23(33)35-25(4,5)6)20-11-13-21(14-12-20)30-36-26(7,8)27(9,10)37-30;1-20(2,3)28-18(26)23(16-7-9-17(24)10-8-16)15-22(23)11-13-25(14-12-22)19(27)29-21(4,5)6;1-12(2,3)17-11(16)10(15-14)8-4-6-9(13)7-5-8;1-12(2,3)15-11(14)8-9-4-6-10(13)7-5-9;1-9-5-7-12(8-6-9)10(13)14-11(2,3)4/h7-14,17,20H,15-16,18-19,21H2,1-6H3;11-14H,15-19H2,1-10H3;7-10H,11-15H2,1-6H3;4-7,14H,1-3H3;4-7H,8H2,1-3H3;1,5-8H2,2-4H3/q;;;+1;;. The minimum Gasteiger partial charge on any atom is -0.460 e. The highest BCUT2D eigenvalue weighted by molar-refractivity contribution is 9.11. The Morgan fingerprint density at radius 2 is 0.680 bits per heavy atom. The molecule has 3 atom stereocenters. The predicted octanol–water partition coefficient (Wildman–Crippen LogP) is 26.1. The Bertz CT molecular complexity index is 5990. The van der Waals surface area contributed by atoms with Crippen LogP contribution in [0.4, 0.5) is 19.2 Å². The Balaban J connectivity index is 0.000000192. The molecule has 0 radical (unpaired) electrons. The number of ether oxygens (including phenoxy) is 9.